The molecule has 3 heteroatoms. The maximum absolute atomic E-state index is 12.7. The summed E-state index contributed by atoms with van der Waals surface area (Å²) in [6.07, 6.45) is 1.63. The average molecular weight is 314 g/mol. The van der Waals surface area contributed by atoms with E-state index in [4.69, 9.17) is 9.47 Å². The summed E-state index contributed by atoms with van der Waals surface area (Å²) in [6, 6.07) is 0. The Balaban J connectivity index is 2.42. The van der Waals surface area contributed by atoms with Crippen LogP contribution in [0.4, 0.5) is 0 Å². The highest BCUT2D eigenvalue weighted by Crippen LogP contribution is 2.41. The highest BCUT2D eigenvalue weighted by atomic mass is 16.5. The number of carbonyl (C=O) groups excluding carboxylic acids is 1. The van der Waals surface area contributed by atoms with Crippen molar-refractivity contribution in [3.05, 3.63) is 58.6 Å². The Morgan fingerprint density at radius 1 is 0.913 bits per heavy atom. The minimum atomic E-state index is -0.485. The highest BCUT2D eigenvalue weighted by Gasteiger charge is 2.37. The molecule has 2 rings (SSSR count). The summed E-state index contributed by atoms with van der Waals surface area (Å²) in [4.78, 5) is 12.7. The number of ketones is 1. The summed E-state index contributed by atoms with van der Waals surface area (Å²) in [6.45, 7) is 21.6. The van der Waals surface area contributed by atoms with Gasteiger partial charge in [-0.2, -0.15) is 0 Å². The summed E-state index contributed by atoms with van der Waals surface area (Å²) in [5.41, 5.74) is 3.45. The molecule has 124 valence electrons. The molecule has 0 saturated heterocycles. The molecular weight excluding hydrogens is 288 g/mol. The van der Waals surface area contributed by atoms with E-state index in [9.17, 15) is 4.79 Å². The molecule has 0 amide bonds. The van der Waals surface area contributed by atoms with Gasteiger partial charge in [-0.15, -0.1) is 0 Å². The number of hydrogen-bond acceptors (Lipinski definition) is 3. The van der Waals surface area contributed by atoms with Crippen molar-refractivity contribution >= 4 is 5.78 Å². The Morgan fingerprint density at radius 2 is 1.30 bits per heavy atom. The van der Waals surface area contributed by atoms with E-state index >= 15 is 0 Å². The molecule has 0 unspecified atom stereocenters. The number of allylic oxidation sites excluding steroid dienone is 3. The zero-order chi connectivity index (χ0) is 17.7. The summed E-state index contributed by atoms with van der Waals surface area (Å²) >= 11 is 0. The molecule has 0 aromatic rings. The quantitative estimate of drug-likeness (QED) is 0.703. The van der Waals surface area contributed by atoms with Crippen LogP contribution in [-0.2, 0) is 14.3 Å². The van der Waals surface area contributed by atoms with E-state index in [-0.39, 0.29) is 11.4 Å². The molecule has 0 fully saturated rings. The lowest BCUT2D eigenvalue weighted by atomic mass is 9.91. The van der Waals surface area contributed by atoms with E-state index in [0.717, 1.165) is 22.3 Å². The molecule has 3 nitrogen and oxygen atoms in total. The topological polar surface area (TPSA) is 35.5 Å². The molecular formula is C20H26O3. The highest BCUT2D eigenvalue weighted by molar-refractivity contribution is 6.08. The van der Waals surface area contributed by atoms with Gasteiger partial charge in [0.2, 0.25) is 0 Å². The second-order valence-electron chi connectivity index (χ2n) is 7.26. The molecule has 23 heavy (non-hydrogen) atoms. The predicted molar refractivity (Wildman–Crippen MR) is 92.8 cm³/mol. The van der Waals surface area contributed by atoms with E-state index in [1.54, 1.807) is 6.08 Å². The molecule has 0 aliphatic carbocycles. The van der Waals surface area contributed by atoms with Crippen molar-refractivity contribution in [1.29, 1.82) is 0 Å². The van der Waals surface area contributed by atoms with Crippen LogP contribution in [0.5, 0.6) is 0 Å². The Hall–Kier alpha value is -2.03. The molecule has 2 aliphatic rings. The van der Waals surface area contributed by atoms with E-state index in [2.05, 4.69) is 13.2 Å². The fourth-order valence-corrected chi connectivity index (χ4v) is 3.07. The van der Waals surface area contributed by atoms with Crippen molar-refractivity contribution < 1.29 is 14.3 Å². The molecule has 0 spiro atoms. The molecule has 0 N–H and O–H groups in total. The van der Waals surface area contributed by atoms with Crippen LogP contribution >= 0.6 is 0 Å². The maximum Gasteiger partial charge on any atom is 0.189 e. The second-order valence-corrected chi connectivity index (χ2v) is 7.26. The minimum Gasteiger partial charge on any atom is -0.483 e. The second kappa shape index (κ2) is 5.26. The lowest BCUT2D eigenvalue weighted by molar-refractivity contribution is -0.111. The van der Waals surface area contributed by atoms with Crippen molar-refractivity contribution in [3.63, 3.8) is 0 Å². The fourth-order valence-electron chi connectivity index (χ4n) is 3.07. The van der Waals surface area contributed by atoms with Crippen LogP contribution < -0.4 is 0 Å². The Kier molecular flexibility index (Phi) is 3.96. The van der Waals surface area contributed by atoms with Gasteiger partial charge in [-0.3, -0.25) is 4.79 Å². The predicted octanol–water partition coefficient (Wildman–Crippen LogP) is 4.78. The summed E-state index contributed by atoms with van der Waals surface area (Å²) in [5.74, 6) is 0.962. The lowest BCUT2D eigenvalue weighted by Crippen LogP contribution is -2.19. The molecule has 2 heterocycles. The molecule has 0 saturated carbocycles. The van der Waals surface area contributed by atoms with Gasteiger partial charge in [0.25, 0.3) is 0 Å². The first-order valence-corrected chi connectivity index (χ1v) is 7.81. The molecule has 2 aliphatic heterocycles. The third-order valence-electron chi connectivity index (χ3n) is 4.86. The van der Waals surface area contributed by atoms with Gasteiger partial charge in [-0.25, -0.2) is 0 Å². The van der Waals surface area contributed by atoms with Gasteiger partial charge >= 0.3 is 0 Å². The normalized spacial score (nSPS) is 23.3. The first-order valence-electron chi connectivity index (χ1n) is 7.81. The van der Waals surface area contributed by atoms with Crippen molar-refractivity contribution in [2.24, 2.45) is 0 Å². The van der Waals surface area contributed by atoms with Crippen LogP contribution in [0.2, 0.25) is 0 Å². The van der Waals surface area contributed by atoms with Crippen molar-refractivity contribution in [2.45, 2.75) is 59.7 Å². The first kappa shape index (κ1) is 17.3. The monoisotopic (exact) mass is 314 g/mol. The molecule has 0 bridgehead atoms. The van der Waals surface area contributed by atoms with E-state index in [1.807, 2.05) is 48.5 Å². The Bertz CT molecular complexity index is 709. The van der Waals surface area contributed by atoms with Gasteiger partial charge in [0.15, 0.2) is 5.78 Å². The van der Waals surface area contributed by atoms with Crippen LogP contribution in [0.3, 0.4) is 0 Å². The van der Waals surface area contributed by atoms with E-state index < -0.39 is 5.60 Å². The van der Waals surface area contributed by atoms with Crippen LogP contribution in [0.25, 0.3) is 0 Å². The standard InChI is InChI=1S/C20H26O3/c1-11(17-12(2)19(6,7)22-14(17)4)10-16(21)18-13(3)20(8,9)23-15(18)5/h10H,4-5H2,1-3,6-9H3. The lowest BCUT2D eigenvalue weighted by Gasteiger charge is -2.19. The number of carbonyl (C=O) groups is 1. The van der Waals surface area contributed by atoms with Gasteiger partial charge in [0.1, 0.15) is 22.7 Å². The summed E-state index contributed by atoms with van der Waals surface area (Å²) < 4.78 is 11.5. The third-order valence-corrected chi connectivity index (χ3v) is 4.86. The van der Waals surface area contributed by atoms with Gasteiger partial charge in [0, 0.05) is 5.57 Å². The van der Waals surface area contributed by atoms with Crippen molar-refractivity contribution in [2.75, 3.05) is 0 Å². The zero-order valence-corrected chi connectivity index (χ0v) is 15.2. The van der Waals surface area contributed by atoms with Gasteiger partial charge in [-0.05, 0) is 71.3 Å². The average Bonchev–Trinajstić information content (AvgIpc) is 2.69. The van der Waals surface area contributed by atoms with E-state index in [1.165, 1.54) is 0 Å². The molecule has 0 radical (unpaired) electrons. The van der Waals surface area contributed by atoms with Crippen LogP contribution in [-0.4, -0.2) is 17.0 Å². The number of hydrogen-bond donors (Lipinski definition) is 0. The Morgan fingerprint density at radius 3 is 1.65 bits per heavy atom. The smallest absolute Gasteiger partial charge is 0.189 e. The third kappa shape index (κ3) is 2.80. The van der Waals surface area contributed by atoms with Crippen LogP contribution in [0.15, 0.2) is 58.6 Å². The van der Waals surface area contributed by atoms with Crippen LogP contribution in [0, 0.1) is 0 Å². The number of rotatable bonds is 3. The number of ether oxygens (including phenoxy) is 2. The summed E-state index contributed by atoms with van der Waals surface area (Å²) in [5, 5.41) is 0. The maximum atomic E-state index is 12.7. The molecule has 0 aromatic heterocycles. The van der Waals surface area contributed by atoms with Crippen LogP contribution in [0.1, 0.15) is 48.5 Å². The summed E-state index contributed by atoms with van der Waals surface area (Å²) in [7, 11) is 0. The van der Waals surface area contributed by atoms with Gasteiger partial charge in [-0.1, -0.05) is 13.2 Å². The van der Waals surface area contributed by atoms with E-state index in [0.29, 0.717) is 17.1 Å². The van der Waals surface area contributed by atoms with Gasteiger partial charge < -0.3 is 9.47 Å². The minimum absolute atomic E-state index is 0.0895. The zero-order valence-electron chi connectivity index (χ0n) is 15.2. The van der Waals surface area contributed by atoms with Gasteiger partial charge in [0.05, 0.1) is 5.57 Å². The largest absolute Gasteiger partial charge is 0.483 e. The SMILES string of the molecule is C=C1OC(C)(C)C(C)=C1C(=O)C=C(C)C1=C(C)C(C)(C)OC1=C. The first-order chi connectivity index (χ1) is 10.4. The molecule has 0 atom stereocenters. The Labute approximate surface area is 139 Å². The van der Waals surface area contributed by atoms with Crippen molar-refractivity contribution in [3.8, 4) is 0 Å². The van der Waals surface area contributed by atoms with Crippen molar-refractivity contribution in [1.82, 2.24) is 0 Å². The fraction of sp³-hybridized carbons (Fsp3) is 0.450. The molecule has 0 aromatic carbocycles.